The van der Waals surface area contributed by atoms with Gasteiger partial charge in [0.15, 0.2) is 11.4 Å². The minimum absolute atomic E-state index is 0.132. The van der Waals surface area contributed by atoms with Crippen LogP contribution in [-0.2, 0) is 6.54 Å². The molecule has 92 valence electrons. The second-order valence-corrected chi connectivity index (χ2v) is 3.78. The monoisotopic (exact) mass is 242 g/mol. The molecular formula is C12H14N6. The molecule has 1 aromatic rings. The molecule has 1 unspecified atom stereocenters. The molecule has 0 aliphatic rings. The Hall–Kier alpha value is -2.36. The summed E-state index contributed by atoms with van der Waals surface area (Å²) in [6.45, 7) is 3.31. The molecule has 0 saturated heterocycles. The number of nitriles is 3. The summed E-state index contributed by atoms with van der Waals surface area (Å²) < 4.78 is 1.61. The minimum Gasteiger partial charge on any atom is -0.321 e. The molecule has 1 N–H and O–H groups in total. The summed E-state index contributed by atoms with van der Waals surface area (Å²) in [5.41, 5.74) is 0.386. The Labute approximate surface area is 106 Å². The van der Waals surface area contributed by atoms with Crippen LogP contribution in [-0.4, -0.2) is 22.1 Å². The van der Waals surface area contributed by atoms with E-state index < -0.39 is 0 Å². The van der Waals surface area contributed by atoms with Gasteiger partial charge >= 0.3 is 0 Å². The Morgan fingerprint density at radius 2 is 2.17 bits per heavy atom. The lowest BCUT2D eigenvalue weighted by Crippen LogP contribution is -2.29. The van der Waals surface area contributed by atoms with Crippen LogP contribution < -0.4 is 5.32 Å². The average molecular weight is 242 g/mol. The summed E-state index contributed by atoms with van der Waals surface area (Å²) in [7, 11) is 0. The van der Waals surface area contributed by atoms with E-state index in [-0.39, 0.29) is 17.4 Å². The molecule has 0 radical (unpaired) electrons. The SMILES string of the molecule is CCCNC(C#N)CCn1cnc(C#N)c1C#N. The molecule has 1 heterocycles. The highest BCUT2D eigenvalue weighted by Gasteiger charge is 2.12. The molecular weight excluding hydrogens is 228 g/mol. The molecule has 6 nitrogen and oxygen atoms in total. The largest absolute Gasteiger partial charge is 0.321 e. The summed E-state index contributed by atoms with van der Waals surface area (Å²) in [6.07, 6.45) is 3.00. The Morgan fingerprint density at radius 3 is 2.72 bits per heavy atom. The van der Waals surface area contributed by atoms with Gasteiger partial charge in [0.25, 0.3) is 0 Å². The van der Waals surface area contributed by atoms with Crippen LogP contribution in [0.5, 0.6) is 0 Å². The molecule has 6 heteroatoms. The first kappa shape index (κ1) is 13.7. The van der Waals surface area contributed by atoms with Crippen LogP contribution in [0.3, 0.4) is 0 Å². The normalized spacial score (nSPS) is 11.2. The molecule has 0 aromatic carbocycles. The van der Waals surface area contributed by atoms with Crippen molar-refractivity contribution in [3.05, 3.63) is 17.7 Å². The summed E-state index contributed by atoms with van der Waals surface area (Å²) in [6, 6.07) is 5.75. The fourth-order valence-corrected chi connectivity index (χ4v) is 1.55. The van der Waals surface area contributed by atoms with E-state index in [0.29, 0.717) is 13.0 Å². The molecule has 1 aromatic heterocycles. The third-order valence-electron chi connectivity index (χ3n) is 2.50. The summed E-state index contributed by atoms with van der Waals surface area (Å²) in [4.78, 5) is 3.85. The molecule has 0 amide bonds. The van der Waals surface area contributed by atoms with Crippen molar-refractivity contribution in [1.29, 1.82) is 15.8 Å². The molecule has 0 saturated carbocycles. The maximum Gasteiger partial charge on any atom is 0.176 e. The lowest BCUT2D eigenvalue weighted by atomic mass is 10.2. The fourth-order valence-electron chi connectivity index (χ4n) is 1.55. The quantitative estimate of drug-likeness (QED) is 0.798. The van der Waals surface area contributed by atoms with E-state index in [9.17, 15) is 0 Å². The molecule has 18 heavy (non-hydrogen) atoms. The van der Waals surface area contributed by atoms with Crippen LogP contribution in [0.4, 0.5) is 0 Å². The van der Waals surface area contributed by atoms with Crippen molar-refractivity contribution in [1.82, 2.24) is 14.9 Å². The first-order chi connectivity index (χ1) is 8.76. The van der Waals surface area contributed by atoms with Crippen molar-refractivity contribution in [3.8, 4) is 18.2 Å². The van der Waals surface area contributed by atoms with Crippen LogP contribution in [0, 0.1) is 34.0 Å². The first-order valence-electron chi connectivity index (χ1n) is 5.75. The lowest BCUT2D eigenvalue weighted by Gasteiger charge is -2.11. The van der Waals surface area contributed by atoms with Gasteiger partial charge in [-0.3, -0.25) is 0 Å². The third kappa shape index (κ3) is 3.31. The number of nitrogens with zero attached hydrogens (tertiary/aromatic N) is 5. The zero-order valence-electron chi connectivity index (χ0n) is 10.2. The molecule has 0 fully saturated rings. The minimum atomic E-state index is -0.246. The number of hydrogen-bond acceptors (Lipinski definition) is 5. The predicted octanol–water partition coefficient (Wildman–Crippen LogP) is 0.908. The predicted molar refractivity (Wildman–Crippen MR) is 64.0 cm³/mol. The second kappa shape index (κ2) is 7.06. The average Bonchev–Trinajstić information content (AvgIpc) is 2.81. The van der Waals surface area contributed by atoms with Crippen LogP contribution in [0.1, 0.15) is 31.2 Å². The van der Waals surface area contributed by atoms with Crippen LogP contribution in [0.2, 0.25) is 0 Å². The van der Waals surface area contributed by atoms with E-state index in [1.807, 2.05) is 19.1 Å². The van der Waals surface area contributed by atoms with E-state index in [4.69, 9.17) is 15.8 Å². The highest BCUT2D eigenvalue weighted by atomic mass is 15.1. The van der Waals surface area contributed by atoms with E-state index in [2.05, 4.69) is 16.4 Å². The van der Waals surface area contributed by atoms with Gasteiger partial charge in [-0.05, 0) is 19.4 Å². The van der Waals surface area contributed by atoms with E-state index in [1.165, 1.54) is 6.33 Å². The Bertz CT molecular complexity index is 510. The van der Waals surface area contributed by atoms with Gasteiger partial charge in [-0.25, -0.2) is 4.98 Å². The summed E-state index contributed by atoms with van der Waals surface area (Å²) >= 11 is 0. The summed E-state index contributed by atoms with van der Waals surface area (Å²) in [5.74, 6) is 0. The Kier molecular flexibility index (Phi) is 5.38. The van der Waals surface area contributed by atoms with Gasteiger partial charge in [0.2, 0.25) is 0 Å². The molecule has 0 spiro atoms. The Morgan fingerprint density at radius 1 is 1.39 bits per heavy atom. The lowest BCUT2D eigenvalue weighted by molar-refractivity contribution is 0.514. The van der Waals surface area contributed by atoms with Crippen molar-refractivity contribution >= 4 is 0 Å². The number of aromatic nitrogens is 2. The number of nitrogens with one attached hydrogen (secondary N) is 1. The highest BCUT2D eigenvalue weighted by Crippen LogP contribution is 2.06. The van der Waals surface area contributed by atoms with Gasteiger partial charge < -0.3 is 9.88 Å². The third-order valence-corrected chi connectivity index (χ3v) is 2.50. The van der Waals surface area contributed by atoms with Crippen LogP contribution in [0.15, 0.2) is 6.33 Å². The van der Waals surface area contributed by atoms with E-state index >= 15 is 0 Å². The first-order valence-corrected chi connectivity index (χ1v) is 5.75. The maximum atomic E-state index is 8.95. The van der Waals surface area contributed by atoms with Gasteiger partial charge in [0.05, 0.1) is 18.4 Å². The molecule has 0 aliphatic heterocycles. The zero-order chi connectivity index (χ0) is 13.4. The second-order valence-electron chi connectivity index (χ2n) is 3.78. The molecule has 1 rings (SSSR count). The van der Waals surface area contributed by atoms with Crippen molar-refractivity contribution in [2.24, 2.45) is 0 Å². The van der Waals surface area contributed by atoms with Crippen molar-refractivity contribution < 1.29 is 0 Å². The van der Waals surface area contributed by atoms with Gasteiger partial charge in [0.1, 0.15) is 12.1 Å². The fraction of sp³-hybridized carbons (Fsp3) is 0.500. The van der Waals surface area contributed by atoms with Crippen molar-refractivity contribution in [3.63, 3.8) is 0 Å². The smallest absolute Gasteiger partial charge is 0.176 e. The Balaban J connectivity index is 2.64. The van der Waals surface area contributed by atoms with Gasteiger partial charge in [-0.2, -0.15) is 15.8 Å². The summed E-state index contributed by atoms with van der Waals surface area (Å²) in [5, 5.41) is 29.8. The van der Waals surface area contributed by atoms with E-state index in [0.717, 1.165) is 13.0 Å². The van der Waals surface area contributed by atoms with Crippen LogP contribution >= 0.6 is 0 Å². The van der Waals surface area contributed by atoms with Gasteiger partial charge in [-0.15, -0.1) is 0 Å². The zero-order valence-corrected chi connectivity index (χ0v) is 10.2. The number of imidazole rings is 1. The van der Waals surface area contributed by atoms with Crippen molar-refractivity contribution in [2.45, 2.75) is 32.4 Å². The highest BCUT2D eigenvalue weighted by molar-refractivity contribution is 5.35. The van der Waals surface area contributed by atoms with Gasteiger partial charge in [0, 0.05) is 6.54 Å². The van der Waals surface area contributed by atoms with Crippen LogP contribution in [0.25, 0.3) is 0 Å². The number of rotatable bonds is 6. The standard InChI is InChI=1S/C12H14N6/c1-2-4-16-10(6-13)3-5-18-9-17-11(7-14)12(18)8-15/h9-10,16H,2-5H2,1H3. The molecule has 0 bridgehead atoms. The molecule has 1 atom stereocenters. The van der Waals surface area contributed by atoms with Gasteiger partial charge in [-0.1, -0.05) is 6.92 Å². The van der Waals surface area contributed by atoms with Crippen molar-refractivity contribution in [2.75, 3.05) is 6.54 Å². The molecule has 0 aliphatic carbocycles. The number of hydrogen-bond donors (Lipinski definition) is 1. The topological polar surface area (TPSA) is 101 Å². The van der Waals surface area contributed by atoms with E-state index in [1.54, 1.807) is 4.57 Å². The maximum absolute atomic E-state index is 8.95. The number of aryl methyl sites for hydroxylation is 1.